The van der Waals surface area contributed by atoms with Gasteiger partial charge in [-0.1, -0.05) is 44.9 Å². The molecule has 3 heteroatoms. The van der Waals surface area contributed by atoms with Crippen molar-refractivity contribution in [3.8, 4) is 0 Å². The highest BCUT2D eigenvalue weighted by Gasteiger charge is 2.26. The Morgan fingerprint density at radius 1 is 1.30 bits per heavy atom. The molecule has 1 aliphatic rings. The van der Waals surface area contributed by atoms with E-state index in [1.807, 2.05) is 12.1 Å². The molecule has 0 bridgehead atoms. The maximum absolute atomic E-state index is 14.0. The second-order valence-electron chi connectivity index (χ2n) is 5.75. The van der Waals surface area contributed by atoms with Gasteiger partial charge >= 0.3 is 0 Å². The number of benzene rings is 1. The van der Waals surface area contributed by atoms with Gasteiger partial charge in [0.25, 0.3) is 0 Å². The minimum Gasteiger partial charge on any atom is -0.369 e. The van der Waals surface area contributed by atoms with E-state index < -0.39 is 0 Å². The molecule has 3 unspecified atom stereocenters. The normalized spacial score (nSPS) is 24.6. The van der Waals surface area contributed by atoms with Gasteiger partial charge in [-0.15, -0.1) is 0 Å². The van der Waals surface area contributed by atoms with Crippen molar-refractivity contribution in [1.29, 1.82) is 0 Å². The van der Waals surface area contributed by atoms with Crippen LogP contribution in [0.15, 0.2) is 24.3 Å². The number of hydrogen-bond acceptors (Lipinski definition) is 2. The summed E-state index contributed by atoms with van der Waals surface area (Å²) in [5.41, 5.74) is 0.672. The Hall–Kier alpha value is -0.930. The minimum absolute atomic E-state index is 0.168. The van der Waals surface area contributed by atoms with Crippen molar-refractivity contribution in [1.82, 2.24) is 5.32 Å². The third-order valence-corrected chi connectivity index (χ3v) is 4.20. The predicted molar refractivity (Wildman–Crippen MR) is 80.2 cm³/mol. The zero-order valence-electron chi connectivity index (χ0n) is 12.6. The van der Waals surface area contributed by atoms with E-state index in [0.29, 0.717) is 18.0 Å². The first-order valence-corrected chi connectivity index (χ1v) is 7.83. The Labute approximate surface area is 121 Å². The molecule has 1 aromatic carbocycles. The predicted octanol–water partition coefficient (Wildman–Crippen LogP) is 4.07. The molecule has 2 nitrogen and oxygen atoms in total. The van der Waals surface area contributed by atoms with Crippen molar-refractivity contribution >= 4 is 0 Å². The molecule has 0 radical (unpaired) electrons. The Balaban J connectivity index is 2.09. The molecular formula is C17H26FNO. The first-order valence-electron chi connectivity index (χ1n) is 7.83. The first kappa shape index (κ1) is 15.5. The van der Waals surface area contributed by atoms with Crippen molar-refractivity contribution in [3.05, 3.63) is 35.6 Å². The van der Waals surface area contributed by atoms with E-state index >= 15 is 0 Å². The fourth-order valence-electron chi connectivity index (χ4n) is 2.94. The van der Waals surface area contributed by atoms with Gasteiger partial charge in [-0.05, 0) is 31.4 Å². The van der Waals surface area contributed by atoms with Crippen molar-refractivity contribution < 1.29 is 9.13 Å². The molecule has 0 heterocycles. The Kier molecular flexibility index (Phi) is 5.99. The van der Waals surface area contributed by atoms with E-state index in [0.717, 1.165) is 13.0 Å². The quantitative estimate of drug-likeness (QED) is 0.847. The maximum Gasteiger partial charge on any atom is 0.129 e. The highest BCUT2D eigenvalue weighted by molar-refractivity contribution is 5.20. The number of nitrogens with one attached hydrogen (secondary N) is 1. The number of ether oxygens (including phenoxy) is 1. The largest absolute Gasteiger partial charge is 0.369 e. The summed E-state index contributed by atoms with van der Waals surface area (Å²) in [6.07, 6.45) is 4.89. The molecule has 0 amide bonds. The molecular weight excluding hydrogens is 253 g/mol. The number of likely N-dealkylation sites (N-methyl/N-ethyl adjacent to an activating group) is 1. The Morgan fingerprint density at radius 2 is 2.05 bits per heavy atom. The summed E-state index contributed by atoms with van der Waals surface area (Å²) in [6, 6.07) is 6.96. The van der Waals surface area contributed by atoms with Gasteiger partial charge in [-0.25, -0.2) is 4.39 Å². The smallest absolute Gasteiger partial charge is 0.129 e. The number of hydrogen-bond donors (Lipinski definition) is 1. The molecule has 1 saturated carbocycles. The molecule has 112 valence electrons. The molecule has 3 atom stereocenters. The van der Waals surface area contributed by atoms with Crippen LogP contribution in [0.2, 0.25) is 0 Å². The topological polar surface area (TPSA) is 21.3 Å². The van der Waals surface area contributed by atoms with Crippen LogP contribution in [0.3, 0.4) is 0 Å². The molecule has 1 fully saturated rings. The summed E-state index contributed by atoms with van der Waals surface area (Å²) in [6.45, 7) is 5.84. The van der Waals surface area contributed by atoms with Crippen LogP contribution in [0.4, 0.5) is 4.39 Å². The summed E-state index contributed by atoms with van der Waals surface area (Å²) in [7, 11) is 0. The molecule has 2 rings (SSSR count). The second kappa shape index (κ2) is 7.75. The van der Waals surface area contributed by atoms with Gasteiger partial charge in [0.2, 0.25) is 0 Å². The molecule has 0 aliphatic heterocycles. The maximum atomic E-state index is 14.0. The van der Waals surface area contributed by atoms with E-state index in [9.17, 15) is 4.39 Å². The van der Waals surface area contributed by atoms with Crippen LogP contribution < -0.4 is 5.32 Å². The Bertz CT molecular complexity index is 410. The van der Waals surface area contributed by atoms with Crippen molar-refractivity contribution in [2.75, 3.05) is 13.1 Å². The third-order valence-electron chi connectivity index (χ3n) is 4.20. The summed E-state index contributed by atoms with van der Waals surface area (Å²) in [4.78, 5) is 0. The van der Waals surface area contributed by atoms with Gasteiger partial charge in [-0.2, -0.15) is 0 Å². The molecule has 1 N–H and O–H groups in total. The minimum atomic E-state index is -0.193. The van der Waals surface area contributed by atoms with Gasteiger partial charge in [0.15, 0.2) is 0 Å². The lowest BCUT2D eigenvalue weighted by Crippen LogP contribution is -2.32. The van der Waals surface area contributed by atoms with Gasteiger partial charge in [-0.3, -0.25) is 0 Å². The fraction of sp³-hybridized carbons (Fsp3) is 0.647. The zero-order chi connectivity index (χ0) is 14.4. The van der Waals surface area contributed by atoms with E-state index in [1.165, 1.54) is 25.3 Å². The van der Waals surface area contributed by atoms with Gasteiger partial charge in [0.1, 0.15) is 5.82 Å². The van der Waals surface area contributed by atoms with Crippen LogP contribution in [-0.2, 0) is 4.74 Å². The SMILES string of the molecule is CCNCC(OC1CCCCC1C)c1ccccc1F. The van der Waals surface area contributed by atoms with Crippen LogP contribution in [-0.4, -0.2) is 19.2 Å². The van der Waals surface area contributed by atoms with E-state index in [2.05, 4.69) is 19.2 Å². The summed E-state index contributed by atoms with van der Waals surface area (Å²) in [5.74, 6) is 0.401. The van der Waals surface area contributed by atoms with Gasteiger partial charge < -0.3 is 10.1 Å². The van der Waals surface area contributed by atoms with Crippen molar-refractivity contribution in [2.24, 2.45) is 5.92 Å². The second-order valence-corrected chi connectivity index (χ2v) is 5.75. The highest BCUT2D eigenvalue weighted by atomic mass is 19.1. The summed E-state index contributed by atoms with van der Waals surface area (Å²) in [5, 5.41) is 3.29. The van der Waals surface area contributed by atoms with Gasteiger partial charge in [0.05, 0.1) is 12.2 Å². The summed E-state index contributed by atoms with van der Waals surface area (Å²) < 4.78 is 20.3. The van der Waals surface area contributed by atoms with Crippen molar-refractivity contribution in [2.45, 2.75) is 51.7 Å². The van der Waals surface area contributed by atoms with E-state index in [4.69, 9.17) is 4.74 Å². The zero-order valence-corrected chi connectivity index (χ0v) is 12.6. The monoisotopic (exact) mass is 279 g/mol. The van der Waals surface area contributed by atoms with Crippen LogP contribution in [0.25, 0.3) is 0 Å². The lowest BCUT2D eigenvalue weighted by molar-refractivity contribution is -0.0574. The molecule has 0 saturated heterocycles. The lowest BCUT2D eigenvalue weighted by Gasteiger charge is -2.33. The molecule has 1 aromatic rings. The average Bonchev–Trinajstić information content (AvgIpc) is 2.46. The lowest BCUT2D eigenvalue weighted by atomic mass is 9.87. The van der Waals surface area contributed by atoms with Crippen LogP contribution in [0.5, 0.6) is 0 Å². The molecule has 1 aliphatic carbocycles. The number of rotatable bonds is 6. The third kappa shape index (κ3) is 4.03. The van der Waals surface area contributed by atoms with Crippen LogP contribution >= 0.6 is 0 Å². The molecule has 20 heavy (non-hydrogen) atoms. The fourth-order valence-corrected chi connectivity index (χ4v) is 2.94. The Morgan fingerprint density at radius 3 is 2.75 bits per heavy atom. The average molecular weight is 279 g/mol. The van der Waals surface area contributed by atoms with Crippen LogP contribution in [0, 0.1) is 11.7 Å². The van der Waals surface area contributed by atoms with Crippen LogP contribution in [0.1, 0.15) is 51.2 Å². The number of halogens is 1. The summed E-state index contributed by atoms with van der Waals surface area (Å²) >= 11 is 0. The van der Waals surface area contributed by atoms with Gasteiger partial charge in [0, 0.05) is 12.1 Å². The van der Waals surface area contributed by atoms with E-state index in [-0.39, 0.29) is 18.0 Å². The first-order chi connectivity index (χ1) is 9.72. The standard InChI is InChI=1S/C17H26FNO/c1-3-19-12-17(14-9-5-6-10-15(14)18)20-16-11-7-4-8-13(16)2/h5-6,9-10,13,16-17,19H,3-4,7-8,11-12H2,1-2H3. The molecule has 0 aromatic heterocycles. The highest BCUT2D eigenvalue weighted by Crippen LogP contribution is 2.31. The van der Waals surface area contributed by atoms with E-state index in [1.54, 1.807) is 6.07 Å². The van der Waals surface area contributed by atoms with Crippen molar-refractivity contribution in [3.63, 3.8) is 0 Å². The molecule has 0 spiro atoms.